The lowest BCUT2D eigenvalue weighted by atomic mass is 10.1. The van der Waals surface area contributed by atoms with Crippen molar-refractivity contribution in [1.29, 1.82) is 0 Å². The molecule has 1 amide bonds. The number of amides is 1. The minimum Gasteiger partial charge on any atom is -0.271 e. The number of carbonyl (C=O) groups is 1. The third-order valence-electron chi connectivity index (χ3n) is 4.98. The highest BCUT2D eigenvalue weighted by Crippen LogP contribution is 2.37. The van der Waals surface area contributed by atoms with Crippen molar-refractivity contribution >= 4 is 38.9 Å². The number of nitrogens with one attached hydrogen (secondary N) is 1. The zero-order valence-corrected chi connectivity index (χ0v) is 20.2. The van der Waals surface area contributed by atoms with Gasteiger partial charge < -0.3 is 0 Å². The number of benzene rings is 3. The maximum atomic E-state index is 13.3. The van der Waals surface area contributed by atoms with Crippen molar-refractivity contribution in [2.24, 2.45) is 5.10 Å². The predicted octanol–water partition coefficient (Wildman–Crippen LogP) is 5.40. The van der Waals surface area contributed by atoms with E-state index in [2.05, 4.69) is 10.5 Å². The smallest absolute Gasteiger partial charge is 0.271 e. The summed E-state index contributed by atoms with van der Waals surface area (Å²) in [5, 5.41) is 3.71. The van der Waals surface area contributed by atoms with E-state index in [0.29, 0.717) is 16.1 Å². The molecule has 0 saturated carbocycles. The first-order chi connectivity index (χ1) is 16.4. The third-order valence-corrected chi connectivity index (χ3v) is 7.07. The first kappa shape index (κ1) is 26.2. The number of hydrogen-bond donors (Lipinski definition) is 1. The first-order valence-corrected chi connectivity index (χ1v) is 12.1. The largest absolute Gasteiger partial charge is 0.416 e. The van der Waals surface area contributed by atoms with Gasteiger partial charge in [-0.3, -0.25) is 9.10 Å². The van der Waals surface area contributed by atoms with Gasteiger partial charge in [0.15, 0.2) is 0 Å². The van der Waals surface area contributed by atoms with Crippen LogP contribution < -0.4 is 9.73 Å². The molecule has 184 valence electrons. The molecule has 0 aliphatic heterocycles. The Hall–Kier alpha value is -3.37. The summed E-state index contributed by atoms with van der Waals surface area (Å²) >= 11 is 6.11. The molecule has 1 N–H and O–H groups in total. The Kier molecular flexibility index (Phi) is 7.86. The molecular formula is C24H21ClF3N3O3S. The fourth-order valence-electron chi connectivity index (χ4n) is 3.07. The summed E-state index contributed by atoms with van der Waals surface area (Å²) in [5.74, 6) is -0.871. The molecule has 35 heavy (non-hydrogen) atoms. The second-order valence-corrected chi connectivity index (χ2v) is 9.86. The highest BCUT2D eigenvalue weighted by molar-refractivity contribution is 7.92. The Bertz CT molecular complexity index is 1340. The van der Waals surface area contributed by atoms with E-state index in [4.69, 9.17) is 11.6 Å². The minimum absolute atomic E-state index is 0.222. The summed E-state index contributed by atoms with van der Waals surface area (Å²) in [5.41, 5.74) is 2.87. The number of hydrazone groups is 1. The molecule has 0 heterocycles. The average molecular weight is 524 g/mol. The molecule has 0 unspecified atom stereocenters. The molecule has 0 bridgehead atoms. The lowest BCUT2D eigenvalue weighted by Gasteiger charge is -2.25. The maximum Gasteiger partial charge on any atom is 0.416 e. The second kappa shape index (κ2) is 10.5. The molecule has 0 fully saturated rings. The van der Waals surface area contributed by atoms with Crippen LogP contribution in [-0.4, -0.2) is 26.6 Å². The molecule has 6 nitrogen and oxygen atoms in total. The van der Waals surface area contributed by atoms with Crippen molar-refractivity contribution in [3.8, 4) is 0 Å². The predicted molar refractivity (Wildman–Crippen MR) is 129 cm³/mol. The number of nitrogens with zero attached hydrogens (tertiary/aromatic N) is 2. The number of sulfonamides is 1. The standard InChI is InChI=1S/C24H21ClF3N3O3S/c1-16-8-10-18(11-9-16)17(2)29-30-23(32)15-31(35(33,34)20-6-4-3-5-7-20)22-14-19(24(26,27)28)12-13-21(22)25/h3-14H,15H2,1-2H3,(H,30,32)/b29-17+. The van der Waals surface area contributed by atoms with Crippen molar-refractivity contribution in [3.63, 3.8) is 0 Å². The fourth-order valence-corrected chi connectivity index (χ4v) is 4.79. The summed E-state index contributed by atoms with van der Waals surface area (Å²) in [6.07, 6.45) is -4.75. The monoisotopic (exact) mass is 523 g/mol. The van der Waals surface area contributed by atoms with Crippen molar-refractivity contribution in [1.82, 2.24) is 5.43 Å². The van der Waals surface area contributed by atoms with Gasteiger partial charge in [-0.25, -0.2) is 13.8 Å². The van der Waals surface area contributed by atoms with E-state index in [-0.39, 0.29) is 9.92 Å². The zero-order valence-electron chi connectivity index (χ0n) is 18.7. The fraction of sp³-hybridized carbons (Fsp3) is 0.167. The van der Waals surface area contributed by atoms with E-state index in [1.165, 1.54) is 24.3 Å². The van der Waals surface area contributed by atoms with Crippen LogP contribution in [-0.2, 0) is 21.0 Å². The van der Waals surface area contributed by atoms with Crippen molar-refractivity contribution in [2.45, 2.75) is 24.9 Å². The molecule has 0 spiro atoms. The van der Waals surface area contributed by atoms with Crippen LogP contribution in [0.15, 0.2) is 82.8 Å². The van der Waals surface area contributed by atoms with E-state index in [1.807, 2.05) is 19.1 Å². The highest BCUT2D eigenvalue weighted by atomic mass is 35.5. The van der Waals surface area contributed by atoms with Gasteiger partial charge >= 0.3 is 6.18 Å². The van der Waals surface area contributed by atoms with Gasteiger partial charge in [0, 0.05) is 0 Å². The van der Waals surface area contributed by atoms with Gasteiger partial charge in [-0.15, -0.1) is 0 Å². The van der Waals surface area contributed by atoms with E-state index < -0.39 is 39.9 Å². The minimum atomic E-state index is -4.75. The Labute approximate surface area is 206 Å². The number of halogens is 4. The quantitative estimate of drug-likeness (QED) is 0.332. The highest BCUT2D eigenvalue weighted by Gasteiger charge is 2.34. The molecular weight excluding hydrogens is 503 g/mol. The SMILES string of the molecule is C/C(=N\NC(=O)CN(c1cc(C(F)(F)F)ccc1Cl)S(=O)(=O)c1ccccc1)c1ccc(C)cc1. The van der Waals surface area contributed by atoms with Crippen LogP contribution in [0.2, 0.25) is 5.02 Å². The Balaban J connectivity index is 1.98. The second-order valence-electron chi connectivity index (χ2n) is 7.59. The van der Waals surface area contributed by atoms with E-state index in [9.17, 15) is 26.4 Å². The van der Waals surface area contributed by atoms with Gasteiger partial charge in [-0.1, -0.05) is 59.6 Å². The number of carbonyl (C=O) groups excluding carboxylic acids is 1. The van der Waals surface area contributed by atoms with Crippen LogP contribution >= 0.6 is 11.6 Å². The summed E-state index contributed by atoms with van der Waals surface area (Å²) in [6, 6.07) is 16.6. The maximum absolute atomic E-state index is 13.3. The Morgan fingerprint density at radius 2 is 1.66 bits per heavy atom. The molecule has 0 aliphatic rings. The first-order valence-electron chi connectivity index (χ1n) is 10.2. The van der Waals surface area contributed by atoms with Crippen LogP contribution in [0, 0.1) is 6.92 Å². The number of aryl methyl sites for hydroxylation is 1. The van der Waals surface area contributed by atoms with Gasteiger partial charge in [-0.05, 0) is 49.7 Å². The van der Waals surface area contributed by atoms with Crippen molar-refractivity contribution in [2.75, 3.05) is 10.8 Å². The van der Waals surface area contributed by atoms with E-state index >= 15 is 0 Å². The molecule has 0 aromatic heterocycles. The van der Waals surface area contributed by atoms with Crippen LogP contribution in [0.4, 0.5) is 18.9 Å². The molecule has 11 heteroatoms. The lowest BCUT2D eigenvalue weighted by Crippen LogP contribution is -2.40. The van der Waals surface area contributed by atoms with Crippen LogP contribution in [0.1, 0.15) is 23.6 Å². The Morgan fingerprint density at radius 3 is 2.26 bits per heavy atom. The molecule has 3 aromatic carbocycles. The van der Waals surface area contributed by atoms with E-state index in [0.717, 1.165) is 23.3 Å². The van der Waals surface area contributed by atoms with Gasteiger partial charge in [-0.2, -0.15) is 18.3 Å². The van der Waals surface area contributed by atoms with Gasteiger partial charge in [0.25, 0.3) is 15.9 Å². The zero-order chi connectivity index (χ0) is 25.8. The average Bonchev–Trinajstić information content (AvgIpc) is 2.81. The van der Waals surface area contributed by atoms with Crippen molar-refractivity contribution in [3.05, 3.63) is 94.5 Å². The van der Waals surface area contributed by atoms with Crippen LogP contribution in [0.3, 0.4) is 0 Å². The van der Waals surface area contributed by atoms with Crippen LogP contribution in [0.25, 0.3) is 0 Å². The molecule has 0 radical (unpaired) electrons. The van der Waals surface area contributed by atoms with Crippen molar-refractivity contribution < 1.29 is 26.4 Å². The summed E-state index contributed by atoms with van der Waals surface area (Å²) < 4.78 is 67.2. The molecule has 0 atom stereocenters. The summed E-state index contributed by atoms with van der Waals surface area (Å²) in [6.45, 7) is 2.70. The summed E-state index contributed by atoms with van der Waals surface area (Å²) in [7, 11) is -4.46. The number of rotatable bonds is 7. The van der Waals surface area contributed by atoms with Gasteiger partial charge in [0.05, 0.1) is 26.9 Å². The molecule has 0 aliphatic carbocycles. The number of alkyl halides is 3. The normalized spacial score (nSPS) is 12.3. The number of hydrogen-bond acceptors (Lipinski definition) is 4. The van der Waals surface area contributed by atoms with Gasteiger partial charge in [0.2, 0.25) is 0 Å². The molecule has 3 aromatic rings. The Morgan fingerprint density at radius 1 is 1.03 bits per heavy atom. The topological polar surface area (TPSA) is 78.8 Å². The number of anilines is 1. The van der Waals surface area contributed by atoms with E-state index in [1.54, 1.807) is 25.1 Å². The molecule has 0 saturated heterocycles. The third kappa shape index (κ3) is 6.40. The molecule has 3 rings (SSSR count). The van der Waals surface area contributed by atoms with Gasteiger partial charge in [0.1, 0.15) is 6.54 Å². The van der Waals surface area contributed by atoms with Crippen LogP contribution in [0.5, 0.6) is 0 Å². The lowest BCUT2D eigenvalue weighted by molar-refractivity contribution is -0.137. The summed E-state index contributed by atoms with van der Waals surface area (Å²) in [4.78, 5) is 12.5.